The SMILES string of the molecule is c1ccc(C2NC(c3ccc4sc5ccccc5c4c3)NC(c3cccc4c3oc3ccc(-c5cccc6c5sc5ccccc56)cc34)N2)cc1. The minimum Gasteiger partial charge on any atom is -0.456 e. The fraction of sp³-hybridized carbons (Fsp3) is 0.0667. The van der Waals surface area contributed by atoms with E-state index in [0.717, 1.165) is 27.5 Å². The number of fused-ring (bicyclic) bond motifs is 9. The molecule has 51 heavy (non-hydrogen) atoms. The van der Waals surface area contributed by atoms with Gasteiger partial charge in [0.25, 0.3) is 0 Å². The van der Waals surface area contributed by atoms with Crippen molar-refractivity contribution in [1.82, 2.24) is 16.0 Å². The van der Waals surface area contributed by atoms with Gasteiger partial charge in [0.1, 0.15) is 11.2 Å². The number of para-hydroxylation sites is 1. The van der Waals surface area contributed by atoms with Crippen molar-refractivity contribution in [3.05, 3.63) is 168 Å². The van der Waals surface area contributed by atoms with Crippen molar-refractivity contribution < 1.29 is 4.42 Å². The normalized spacial score (nSPS) is 18.2. The average Bonchev–Trinajstić information content (AvgIpc) is 3.89. The van der Waals surface area contributed by atoms with Gasteiger partial charge in [0.05, 0.1) is 18.5 Å². The Hall–Kier alpha value is -5.34. The van der Waals surface area contributed by atoms with Gasteiger partial charge in [-0.2, -0.15) is 0 Å². The second kappa shape index (κ2) is 11.6. The summed E-state index contributed by atoms with van der Waals surface area (Å²) in [5.74, 6) is 0. The molecule has 244 valence electrons. The maximum Gasteiger partial charge on any atom is 0.141 e. The lowest BCUT2D eigenvalue weighted by molar-refractivity contribution is 0.203. The Balaban J connectivity index is 1.02. The third-order valence-electron chi connectivity index (χ3n) is 10.4. The maximum absolute atomic E-state index is 6.74. The molecule has 1 aliphatic heterocycles. The Bertz CT molecular complexity index is 2940. The van der Waals surface area contributed by atoms with Gasteiger partial charge in [-0.1, -0.05) is 115 Å². The van der Waals surface area contributed by atoms with Gasteiger partial charge in [-0.05, 0) is 58.7 Å². The van der Waals surface area contributed by atoms with Crippen LogP contribution in [0.2, 0.25) is 0 Å². The molecule has 3 unspecified atom stereocenters. The van der Waals surface area contributed by atoms with Crippen LogP contribution in [0.3, 0.4) is 0 Å². The van der Waals surface area contributed by atoms with Gasteiger partial charge in [-0.3, -0.25) is 16.0 Å². The smallest absolute Gasteiger partial charge is 0.141 e. The number of thiophene rings is 2. The maximum atomic E-state index is 6.74. The van der Waals surface area contributed by atoms with E-state index in [1.807, 2.05) is 22.7 Å². The van der Waals surface area contributed by atoms with E-state index < -0.39 is 0 Å². The molecule has 3 atom stereocenters. The Morgan fingerprint density at radius 2 is 1.10 bits per heavy atom. The fourth-order valence-corrected chi connectivity index (χ4v) is 10.3. The molecule has 0 amide bonds. The molecule has 10 aromatic rings. The highest BCUT2D eigenvalue weighted by Gasteiger charge is 2.31. The van der Waals surface area contributed by atoms with Crippen LogP contribution in [0.1, 0.15) is 35.2 Å². The minimum atomic E-state index is -0.174. The van der Waals surface area contributed by atoms with Crippen LogP contribution in [-0.4, -0.2) is 0 Å². The number of rotatable bonds is 4. The van der Waals surface area contributed by atoms with Crippen LogP contribution >= 0.6 is 22.7 Å². The zero-order valence-corrected chi connectivity index (χ0v) is 29.0. The van der Waals surface area contributed by atoms with Crippen LogP contribution in [0.4, 0.5) is 0 Å². The molecule has 0 bridgehead atoms. The standard InChI is InChI=1S/C45H31N3OS2/c1-2-10-26(11-3-1)43-46-44(28-21-23-40-36(25-28)31-13-5-6-18-38(31)50-40)48-45(47-43)34-17-9-15-32-35-24-27(20-22-37(35)49-41(32)34)29-14-8-16-33-30-12-4-7-19-39(30)51-42(29)33/h1-25,43-48H. The van der Waals surface area contributed by atoms with Crippen molar-refractivity contribution in [1.29, 1.82) is 0 Å². The summed E-state index contributed by atoms with van der Waals surface area (Å²) >= 11 is 3.72. The van der Waals surface area contributed by atoms with Crippen LogP contribution in [0.25, 0.3) is 73.4 Å². The van der Waals surface area contributed by atoms with Crippen molar-refractivity contribution in [2.45, 2.75) is 18.5 Å². The topological polar surface area (TPSA) is 49.2 Å². The number of furan rings is 1. The molecule has 3 N–H and O–H groups in total. The van der Waals surface area contributed by atoms with E-state index in [1.165, 1.54) is 62.6 Å². The first-order valence-corrected chi connectivity index (χ1v) is 19.0. The Morgan fingerprint density at radius 3 is 1.96 bits per heavy atom. The first kappa shape index (κ1) is 29.4. The van der Waals surface area contributed by atoms with Crippen LogP contribution in [0.5, 0.6) is 0 Å². The Labute approximate surface area is 302 Å². The molecule has 0 aliphatic carbocycles. The minimum absolute atomic E-state index is 0.0783. The molecule has 0 spiro atoms. The monoisotopic (exact) mass is 693 g/mol. The van der Waals surface area contributed by atoms with Gasteiger partial charge >= 0.3 is 0 Å². The van der Waals surface area contributed by atoms with Crippen molar-refractivity contribution in [2.24, 2.45) is 0 Å². The predicted molar refractivity (Wildman–Crippen MR) is 215 cm³/mol. The van der Waals surface area contributed by atoms with Gasteiger partial charge in [0, 0.05) is 56.7 Å². The molecule has 11 rings (SSSR count). The largest absolute Gasteiger partial charge is 0.456 e. The van der Waals surface area contributed by atoms with E-state index in [0.29, 0.717) is 0 Å². The highest BCUT2D eigenvalue weighted by molar-refractivity contribution is 7.26. The first-order valence-electron chi connectivity index (χ1n) is 17.4. The average molecular weight is 694 g/mol. The molecule has 4 nitrogen and oxygen atoms in total. The number of hydrogen-bond donors (Lipinski definition) is 3. The molecule has 6 heteroatoms. The molecular weight excluding hydrogens is 663 g/mol. The van der Waals surface area contributed by atoms with E-state index in [4.69, 9.17) is 4.42 Å². The summed E-state index contributed by atoms with van der Waals surface area (Å²) in [6.07, 6.45) is -0.352. The lowest BCUT2D eigenvalue weighted by Crippen LogP contribution is -2.54. The molecule has 1 saturated heterocycles. The first-order chi connectivity index (χ1) is 25.2. The number of benzene rings is 7. The van der Waals surface area contributed by atoms with Gasteiger partial charge in [-0.15, -0.1) is 22.7 Å². The van der Waals surface area contributed by atoms with Crippen LogP contribution in [0, 0.1) is 0 Å². The molecule has 0 saturated carbocycles. The zero-order chi connectivity index (χ0) is 33.5. The molecule has 0 radical (unpaired) electrons. The second-order valence-corrected chi connectivity index (χ2v) is 15.5. The summed E-state index contributed by atoms with van der Waals surface area (Å²) < 4.78 is 12.0. The summed E-state index contributed by atoms with van der Waals surface area (Å²) in [5, 5.41) is 19.1. The highest BCUT2D eigenvalue weighted by Crippen LogP contribution is 2.43. The Kier molecular flexibility index (Phi) is 6.69. The Morgan fingerprint density at radius 1 is 0.431 bits per heavy atom. The summed E-state index contributed by atoms with van der Waals surface area (Å²) in [6.45, 7) is 0. The summed E-state index contributed by atoms with van der Waals surface area (Å²) in [5.41, 5.74) is 7.73. The van der Waals surface area contributed by atoms with E-state index >= 15 is 0 Å². The lowest BCUT2D eigenvalue weighted by Gasteiger charge is -2.39. The van der Waals surface area contributed by atoms with Gasteiger partial charge in [0.15, 0.2) is 0 Å². The molecule has 7 aromatic carbocycles. The van der Waals surface area contributed by atoms with Crippen LogP contribution in [-0.2, 0) is 0 Å². The second-order valence-electron chi connectivity index (χ2n) is 13.4. The zero-order valence-electron chi connectivity index (χ0n) is 27.4. The van der Waals surface area contributed by atoms with Gasteiger partial charge < -0.3 is 4.42 Å². The quantitative estimate of drug-likeness (QED) is 0.172. The number of hydrogen-bond acceptors (Lipinski definition) is 6. The van der Waals surface area contributed by atoms with Crippen LogP contribution in [0.15, 0.2) is 156 Å². The highest BCUT2D eigenvalue weighted by atomic mass is 32.1. The number of nitrogens with one attached hydrogen (secondary N) is 3. The molecular formula is C45H31N3OS2. The predicted octanol–water partition coefficient (Wildman–Crippen LogP) is 12.2. The van der Waals surface area contributed by atoms with Gasteiger partial charge in [-0.25, -0.2) is 0 Å². The fourth-order valence-electron chi connectivity index (χ4n) is 7.97. The van der Waals surface area contributed by atoms with Crippen molar-refractivity contribution in [3.8, 4) is 11.1 Å². The lowest BCUT2D eigenvalue weighted by atomic mass is 9.99. The molecule has 4 heterocycles. The third-order valence-corrected chi connectivity index (χ3v) is 12.8. The van der Waals surface area contributed by atoms with E-state index in [9.17, 15) is 0 Å². The van der Waals surface area contributed by atoms with Crippen LogP contribution < -0.4 is 16.0 Å². The summed E-state index contributed by atoms with van der Waals surface area (Å²) in [6, 6.07) is 54.8. The van der Waals surface area contributed by atoms with Crippen molar-refractivity contribution >= 4 is 85.0 Å². The molecule has 3 aromatic heterocycles. The molecule has 1 fully saturated rings. The summed E-state index contributed by atoms with van der Waals surface area (Å²) in [7, 11) is 0. The van der Waals surface area contributed by atoms with Gasteiger partial charge in [0.2, 0.25) is 0 Å². The van der Waals surface area contributed by atoms with Crippen molar-refractivity contribution in [3.63, 3.8) is 0 Å². The van der Waals surface area contributed by atoms with E-state index in [-0.39, 0.29) is 18.5 Å². The summed E-state index contributed by atoms with van der Waals surface area (Å²) in [4.78, 5) is 0. The van der Waals surface area contributed by atoms with E-state index in [1.54, 1.807) is 0 Å². The van der Waals surface area contributed by atoms with E-state index in [2.05, 4.69) is 168 Å². The molecule has 1 aliphatic rings. The van der Waals surface area contributed by atoms with Crippen molar-refractivity contribution in [2.75, 3.05) is 0 Å². The third kappa shape index (κ3) is 4.76.